The molecule has 2 aromatic carbocycles. The average Bonchev–Trinajstić information content (AvgIpc) is 3.03. The van der Waals surface area contributed by atoms with Crippen molar-refractivity contribution in [3.8, 4) is 17.1 Å². The molecule has 0 aliphatic carbocycles. The lowest BCUT2D eigenvalue weighted by Crippen LogP contribution is -2.24. The number of nitrogens with two attached hydrogens (primary N) is 1. The highest BCUT2D eigenvalue weighted by atomic mass is 32.2. The van der Waals surface area contributed by atoms with Crippen molar-refractivity contribution in [2.24, 2.45) is 12.8 Å². The standard InChI is InChI=1S/C20H18N6O2S/c1-25-18-15(16(24-25)22-20(21)28)19(27)26(13-8-10-14(29-2)11-9-13)17(23-18)12-6-4-3-5-7-12/h3-11H,1-2H3,(H3,21,22,24,28). The van der Waals surface area contributed by atoms with Crippen molar-refractivity contribution in [3.63, 3.8) is 0 Å². The third-order valence-corrected chi connectivity index (χ3v) is 5.21. The lowest BCUT2D eigenvalue weighted by Gasteiger charge is -2.13. The Labute approximate surface area is 170 Å². The van der Waals surface area contributed by atoms with E-state index >= 15 is 0 Å². The Bertz CT molecular complexity index is 1260. The molecule has 0 aliphatic rings. The zero-order valence-electron chi connectivity index (χ0n) is 15.8. The van der Waals surface area contributed by atoms with Crippen LogP contribution < -0.4 is 16.6 Å². The van der Waals surface area contributed by atoms with Crippen LogP contribution in [0.15, 0.2) is 64.3 Å². The van der Waals surface area contributed by atoms with Gasteiger partial charge in [-0.2, -0.15) is 5.10 Å². The summed E-state index contributed by atoms with van der Waals surface area (Å²) >= 11 is 1.61. The Balaban J connectivity index is 2.08. The number of primary amides is 1. The maximum Gasteiger partial charge on any atom is 0.317 e. The van der Waals surface area contributed by atoms with E-state index in [-0.39, 0.29) is 16.8 Å². The number of hydrogen-bond donors (Lipinski definition) is 2. The second-order valence-electron chi connectivity index (χ2n) is 6.30. The molecular formula is C20H18N6O2S. The highest BCUT2D eigenvalue weighted by Gasteiger charge is 2.21. The number of carbonyl (C=O) groups excluding carboxylic acids is 1. The number of aromatic nitrogens is 4. The molecule has 146 valence electrons. The van der Waals surface area contributed by atoms with Gasteiger partial charge in [0.25, 0.3) is 5.56 Å². The molecule has 0 spiro atoms. The van der Waals surface area contributed by atoms with Crippen molar-refractivity contribution < 1.29 is 4.79 Å². The highest BCUT2D eigenvalue weighted by molar-refractivity contribution is 7.98. The van der Waals surface area contributed by atoms with E-state index in [1.807, 2.05) is 60.9 Å². The number of anilines is 1. The van der Waals surface area contributed by atoms with Crippen molar-refractivity contribution in [3.05, 3.63) is 65.0 Å². The Hall–Kier alpha value is -3.59. The lowest BCUT2D eigenvalue weighted by molar-refractivity contribution is 0.259. The summed E-state index contributed by atoms with van der Waals surface area (Å²) in [5.41, 5.74) is 6.70. The minimum absolute atomic E-state index is 0.0848. The summed E-state index contributed by atoms with van der Waals surface area (Å²) in [5, 5.41) is 6.82. The van der Waals surface area contributed by atoms with Crippen molar-refractivity contribution >= 4 is 34.6 Å². The first-order valence-corrected chi connectivity index (χ1v) is 9.98. The van der Waals surface area contributed by atoms with Gasteiger partial charge >= 0.3 is 6.03 Å². The first-order valence-electron chi connectivity index (χ1n) is 8.75. The molecule has 0 aliphatic heterocycles. The zero-order valence-corrected chi connectivity index (χ0v) is 16.6. The SMILES string of the molecule is CSc1ccc(-n2c(-c3ccccc3)nc3c(c(NC(N)=O)nn3C)c2=O)cc1. The molecule has 0 unspecified atom stereocenters. The topological polar surface area (TPSA) is 108 Å². The predicted molar refractivity (Wildman–Crippen MR) is 115 cm³/mol. The number of fused-ring (bicyclic) bond motifs is 1. The minimum atomic E-state index is -0.799. The molecule has 2 aromatic heterocycles. The minimum Gasteiger partial charge on any atom is -0.351 e. The third kappa shape index (κ3) is 3.36. The molecule has 4 rings (SSSR count). The number of nitrogens with one attached hydrogen (secondary N) is 1. The summed E-state index contributed by atoms with van der Waals surface area (Å²) in [7, 11) is 1.66. The summed E-state index contributed by atoms with van der Waals surface area (Å²) in [6, 6.07) is 16.3. The van der Waals surface area contributed by atoms with E-state index in [0.717, 1.165) is 10.5 Å². The van der Waals surface area contributed by atoms with E-state index in [0.29, 0.717) is 17.2 Å². The molecule has 0 bridgehead atoms. The number of benzene rings is 2. The molecular weight excluding hydrogens is 388 g/mol. The number of thioether (sulfide) groups is 1. The molecule has 0 saturated carbocycles. The molecule has 0 fully saturated rings. The fourth-order valence-electron chi connectivity index (χ4n) is 3.15. The van der Waals surface area contributed by atoms with Gasteiger partial charge in [0.15, 0.2) is 11.5 Å². The molecule has 8 nitrogen and oxygen atoms in total. The fraction of sp³-hybridized carbons (Fsp3) is 0.100. The van der Waals surface area contributed by atoms with Gasteiger partial charge in [-0.1, -0.05) is 30.3 Å². The summed E-state index contributed by atoms with van der Waals surface area (Å²) < 4.78 is 2.98. The molecule has 2 amide bonds. The maximum atomic E-state index is 13.6. The first kappa shape index (κ1) is 18.8. The summed E-state index contributed by atoms with van der Waals surface area (Å²) in [6.07, 6.45) is 1.99. The normalized spacial score (nSPS) is 11.0. The van der Waals surface area contributed by atoms with Crippen LogP contribution >= 0.6 is 11.8 Å². The average molecular weight is 406 g/mol. The summed E-state index contributed by atoms with van der Waals surface area (Å²) in [5.74, 6) is 0.565. The Morgan fingerprint density at radius 3 is 2.41 bits per heavy atom. The van der Waals surface area contributed by atoms with Crippen LogP contribution in [-0.4, -0.2) is 31.6 Å². The number of nitrogens with zero attached hydrogens (tertiary/aromatic N) is 4. The number of urea groups is 1. The van der Waals surface area contributed by atoms with Crippen LogP contribution in [-0.2, 0) is 7.05 Å². The van der Waals surface area contributed by atoms with E-state index in [9.17, 15) is 9.59 Å². The van der Waals surface area contributed by atoms with Gasteiger partial charge in [0.2, 0.25) is 0 Å². The molecule has 0 atom stereocenters. The van der Waals surface area contributed by atoms with Crippen LogP contribution in [0, 0.1) is 0 Å². The van der Waals surface area contributed by atoms with Crippen LogP contribution in [0.2, 0.25) is 0 Å². The number of amides is 2. The number of carbonyl (C=O) groups is 1. The smallest absolute Gasteiger partial charge is 0.317 e. The molecule has 3 N–H and O–H groups in total. The second-order valence-corrected chi connectivity index (χ2v) is 7.18. The van der Waals surface area contributed by atoms with Crippen LogP contribution in [0.25, 0.3) is 28.1 Å². The molecule has 2 heterocycles. The quantitative estimate of drug-likeness (QED) is 0.507. The highest BCUT2D eigenvalue weighted by Crippen LogP contribution is 2.26. The van der Waals surface area contributed by atoms with Crippen molar-refractivity contribution in [2.45, 2.75) is 4.90 Å². The molecule has 9 heteroatoms. The van der Waals surface area contributed by atoms with E-state index in [2.05, 4.69) is 10.4 Å². The predicted octanol–water partition coefficient (Wildman–Crippen LogP) is 3.00. The molecule has 29 heavy (non-hydrogen) atoms. The summed E-state index contributed by atoms with van der Waals surface area (Å²) in [6.45, 7) is 0. The van der Waals surface area contributed by atoms with Crippen molar-refractivity contribution in [1.29, 1.82) is 0 Å². The third-order valence-electron chi connectivity index (χ3n) is 4.46. The van der Waals surface area contributed by atoms with Gasteiger partial charge in [0, 0.05) is 17.5 Å². The summed E-state index contributed by atoms with van der Waals surface area (Å²) in [4.78, 5) is 30.7. The monoisotopic (exact) mass is 406 g/mol. The fourth-order valence-corrected chi connectivity index (χ4v) is 3.56. The van der Waals surface area contributed by atoms with Gasteiger partial charge in [-0.05, 0) is 30.5 Å². The first-order chi connectivity index (χ1) is 14.0. The van der Waals surface area contributed by atoms with Crippen LogP contribution in [0.5, 0.6) is 0 Å². The van der Waals surface area contributed by atoms with Gasteiger partial charge in [-0.3, -0.25) is 14.7 Å². The van der Waals surface area contributed by atoms with Crippen LogP contribution in [0.4, 0.5) is 10.6 Å². The van der Waals surface area contributed by atoms with E-state index in [1.165, 1.54) is 9.25 Å². The Morgan fingerprint density at radius 1 is 1.10 bits per heavy atom. The molecule has 4 aromatic rings. The lowest BCUT2D eigenvalue weighted by atomic mass is 10.2. The van der Waals surface area contributed by atoms with Gasteiger partial charge in [0.1, 0.15) is 11.2 Å². The van der Waals surface area contributed by atoms with Crippen LogP contribution in [0.3, 0.4) is 0 Å². The number of hydrogen-bond acceptors (Lipinski definition) is 5. The van der Waals surface area contributed by atoms with Crippen molar-refractivity contribution in [2.75, 3.05) is 11.6 Å². The van der Waals surface area contributed by atoms with Gasteiger partial charge in [-0.15, -0.1) is 11.8 Å². The Morgan fingerprint density at radius 2 is 1.79 bits per heavy atom. The van der Waals surface area contributed by atoms with Crippen molar-refractivity contribution in [1.82, 2.24) is 19.3 Å². The second kappa shape index (κ2) is 7.44. The van der Waals surface area contributed by atoms with E-state index in [1.54, 1.807) is 18.8 Å². The number of rotatable bonds is 4. The van der Waals surface area contributed by atoms with Gasteiger partial charge in [-0.25, -0.2) is 14.5 Å². The Kier molecular flexibility index (Phi) is 4.81. The zero-order chi connectivity index (χ0) is 20.5. The van der Waals surface area contributed by atoms with Crippen LogP contribution in [0.1, 0.15) is 0 Å². The number of aryl methyl sites for hydroxylation is 1. The largest absolute Gasteiger partial charge is 0.351 e. The maximum absolute atomic E-state index is 13.6. The van der Waals surface area contributed by atoms with E-state index in [4.69, 9.17) is 10.7 Å². The molecule has 0 radical (unpaired) electrons. The van der Waals surface area contributed by atoms with E-state index < -0.39 is 6.03 Å². The molecule has 0 saturated heterocycles. The van der Waals surface area contributed by atoms with Gasteiger partial charge in [0.05, 0.1) is 5.69 Å². The van der Waals surface area contributed by atoms with Gasteiger partial charge < -0.3 is 5.73 Å².